The summed E-state index contributed by atoms with van der Waals surface area (Å²) < 4.78 is 10.5. The van der Waals surface area contributed by atoms with E-state index in [1.807, 2.05) is 37.3 Å². The molecule has 0 fully saturated rings. The highest BCUT2D eigenvalue weighted by Gasteiger charge is 2.11. The van der Waals surface area contributed by atoms with E-state index in [0.29, 0.717) is 22.6 Å². The Hall–Kier alpha value is -3.39. The first kappa shape index (κ1) is 15.5. The van der Waals surface area contributed by atoms with Crippen LogP contribution in [0, 0.1) is 18.3 Å². The van der Waals surface area contributed by atoms with Gasteiger partial charge >= 0.3 is 5.97 Å². The molecule has 5 nitrogen and oxygen atoms in total. The van der Waals surface area contributed by atoms with Crippen LogP contribution in [0.2, 0.25) is 0 Å². The molecule has 0 aliphatic rings. The first-order valence-corrected chi connectivity index (χ1v) is 7.35. The van der Waals surface area contributed by atoms with Gasteiger partial charge in [-0.25, -0.2) is 4.79 Å². The second-order valence-corrected chi connectivity index (χ2v) is 5.31. The molecule has 0 atom stereocenters. The molecule has 24 heavy (non-hydrogen) atoms. The molecule has 0 N–H and O–H groups in total. The van der Waals surface area contributed by atoms with Crippen molar-refractivity contribution < 1.29 is 14.1 Å². The van der Waals surface area contributed by atoms with Crippen LogP contribution >= 0.6 is 0 Å². The van der Waals surface area contributed by atoms with Gasteiger partial charge in [-0.15, -0.1) is 0 Å². The summed E-state index contributed by atoms with van der Waals surface area (Å²) in [6, 6.07) is 17.9. The minimum atomic E-state index is -0.473. The molecule has 0 saturated heterocycles. The quantitative estimate of drug-likeness (QED) is 0.682. The van der Waals surface area contributed by atoms with Crippen molar-refractivity contribution in [2.45, 2.75) is 13.5 Å². The van der Waals surface area contributed by atoms with E-state index in [-0.39, 0.29) is 6.61 Å². The Bertz CT molecular complexity index is 888. The van der Waals surface area contributed by atoms with Crippen LogP contribution in [0.15, 0.2) is 59.1 Å². The topological polar surface area (TPSA) is 76.1 Å². The summed E-state index contributed by atoms with van der Waals surface area (Å²) in [7, 11) is 0. The average Bonchev–Trinajstić information content (AvgIpc) is 3.09. The number of aromatic nitrogens is 1. The van der Waals surface area contributed by atoms with Crippen LogP contribution in [0.3, 0.4) is 0 Å². The maximum absolute atomic E-state index is 12.0. The molecule has 0 amide bonds. The zero-order valence-electron chi connectivity index (χ0n) is 13.0. The lowest BCUT2D eigenvalue weighted by molar-refractivity contribution is 0.0464. The predicted molar refractivity (Wildman–Crippen MR) is 87.0 cm³/mol. The average molecular weight is 318 g/mol. The third kappa shape index (κ3) is 3.50. The molecular weight excluding hydrogens is 304 g/mol. The number of carbonyl (C=O) groups excluding carboxylic acids is 1. The number of rotatable bonds is 4. The Kier molecular flexibility index (Phi) is 4.39. The van der Waals surface area contributed by atoms with Gasteiger partial charge in [0.15, 0.2) is 5.76 Å². The van der Waals surface area contributed by atoms with Crippen molar-refractivity contribution in [3.8, 4) is 17.4 Å². The van der Waals surface area contributed by atoms with Gasteiger partial charge in [0.2, 0.25) is 0 Å². The second-order valence-electron chi connectivity index (χ2n) is 5.31. The zero-order valence-corrected chi connectivity index (χ0v) is 13.0. The van der Waals surface area contributed by atoms with E-state index >= 15 is 0 Å². The number of nitriles is 1. The van der Waals surface area contributed by atoms with Crippen LogP contribution < -0.4 is 0 Å². The van der Waals surface area contributed by atoms with Crippen molar-refractivity contribution in [1.29, 1.82) is 5.26 Å². The monoisotopic (exact) mass is 318 g/mol. The standard InChI is InChI=1S/C19H14N2O3/c1-13-2-6-15(7-3-13)18-10-17(21-24-18)12-23-19(22)16-8-4-14(11-20)5-9-16/h2-10H,12H2,1H3. The minimum absolute atomic E-state index is 0.0220. The van der Waals surface area contributed by atoms with Crippen molar-refractivity contribution in [1.82, 2.24) is 5.16 Å². The first-order valence-electron chi connectivity index (χ1n) is 7.35. The lowest BCUT2D eigenvalue weighted by Crippen LogP contribution is -2.05. The van der Waals surface area contributed by atoms with Crippen LogP contribution in [-0.2, 0) is 11.3 Å². The fourth-order valence-corrected chi connectivity index (χ4v) is 2.14. The second kappa shape index (κ2) is 6.80. The highest BCUT2D eigenvalue weighted by atomic mass is 16.5. The minimum Gasteiger partial charge on any atom is -0.455 e. The molecule has 0 radical (unpaired) electrons. The van der Waals surface area contributed by atoms with Gasteiger partial charge in [-0.3, -0.25) is 0 Å². The molecule has 0 saturated carbocycles. The summed E-state index contributed by atoms with van der Waals surface area (Å²) in [6.45, 7) is 2.03. The number of aryl methyl sites for hydroxylation is 1. The van der Waals surface area contributed by atoms with E-state index in [2.05, 4.69) is 5.16 Å². The highest BCUT2D eigenvalue weighted by Crippen LogP contribution is 2.21. The number of nitrogens with zero attached hydrogens (tertiary/aromatic N) is 2. The zero-order chi connectivity index (χ0) is 16.9. The first-order chi connectivity index (χ1) is 11.7. The highest BCUT2D eigenvalue weighted by molar-refractivity contribution is 5.89. The third-order valence-electron chi connectivity index (χ3n) is 3.50. The summed E-state index contributed by atoms with van der Waals surface area (Å²) in [4.78, 5) is 12.0. The fraction of sp³-hybridized carbons (Fsp3) is 0.105. The van der Waals surface area contributed by atoms with Crippen molar-refractivity contribution in [3.63, 3.8) is 0 Å². The molecular formula is C19H14N2O3. The number of hydrogen-bond acceptors (Lipinski definition) is 5. The van der Waals surface area contributed by atoms with E-state index < -0.39 is 5.97 Å². The molecule has 3 rings (SSSR count). The molecule has 0 unspecified atom stereocenters. The van der Waals surface area contributed by atoms with E-state index in [4.69, 9.17) is 14.5 Å². The Morgan fingerprint density at radius 3 is 2.54 bits per heavy atom. The maximum atomic E-state index is 12.0. The summed E-state index contributed by atoms with van der Waals surface area (Å²) in [5.41, 5.74) is 3.49. The van der Waals surface area contributed by atoms with Gasteiger partial charge in [-0.05, 0) is 31.2 Å². The lowest BCUT2D eigenvalue weighted by Gasteiger charge is -2.02. The Labute approximate surface area is 139 Å². The summed E-state index contributed by atoms with van der Waals surface area (Å²) in [5, 5.41) is 12.7. The number of benzene rings is 2. The Morgan fingerprint density at radius 2 is 1.88 bits per heavy atom. The van der Waals surface area contributed by atoms with Crippen molar-refractivity contribution >= 4 is 5.97 Å². The molecule has 1 heterocycles. The van der Waals surface area contributed by atoms with Crippen molar-refractivity contribution in [2.24, 2.45) is 0 Å². The molecule has 118 valence electrons. The number of esters is 1. The van der Waals surface area contributed by atoms with Crippen LogP contribution in [0.25, 0.3) is 11.3 Å². The third-order valence-corrected chi connectivity index (χ3v) is 3.50. The molecule has 3 aromatic rings. The normalized spacial score (nSPS) is 10.2. The van der Waals surface area contributed by atoms with Crippen molar-refractivity contribution in [3.05, 3.63) is 77.0 Å². The largest absolute Gasteiger partial charge is 0.455 e. The SMILES string of the molecule is Cc1ccc(-c2cc(COC(=O)c3ccc(C#N)cc3)no2)cc1. The van der Waals surface area contributed by atoms with E-state index in [9.17, 15) is 4.79 Å². The Balaban J connectivity index is 1.63. The smallest absolute Gasteiger partial charge is 0.338 e. The molecule has 5 heteroatoms. The summed E-state index contributed by atoms with van der Waals surface area (Å²) in [6.07, 6.45) is 0. The van der Waals surface area contributed by atoms with Gasteiger partial charge < -0.3 is 9.26 Å². The fourth-order valence-electron chi connectivity index (χ4n) is 2.14. The molecule has 0 bridgehead atoms. The van der Waals surface area contributed by atoms with E-state index in [1.165, 1.54) is 0 Å². The molecule has 0 aliphatic carbocycles. The van der Waals surface area contributed by atoms with Gasteiger partial charge in [0.1, 0.15) is 12.3 Å². The molecule has 1 aromatic heterocycles. The lowest BCUT2D eigenvalue weighted by atomic mass is 10.1. The maximum Gasteiger partial charge on any atom is 0.338 e. The molecule has 0 aliphatic heterocycles. The van der Waals surface area contributed by atoms with Crippen molar-refractivity contribution in [2.75, 3.05) is 0 Å². The number of carbonyl (C=O) groups is 1. The van der Waals surface area contributed by atoms with Crippen LogP contribution in [0.1, 0.15) is 27.2 Å². The van der Waals surface area contributed by atoms with Gasteiger partial charge in [0, 0.05) is 11.6 Å². The van der Waals surface area contributed by atoms with Gasteiger partial charge in [-0.2, -0.15) is 5.26 Å². The van der Waals surface area contributed by atoms with Crippen LogP contribution in [0.4, 0.5) is 0 Å². The van der Waals surface area contributed by atoms with Crippen LogP contribution in [-0.4, -0.2) is 11.1 Å². The molecule has 0 spiro atoms. The summed E-state index contributed by atoms with van der Waals surface area (Å²) >= 11 is 0. The van der Waals surface area contributed by atoms with E-state index in [1.54, 1.807) is 30.3 Å². The van der Waals surface area contributed by atoms with Gasteiger partial charge in [0.05, 0.1) is 17.2 Å². The van der Waals surface area contributed by atoms with Crippen LogP contribution in [0.5, 0.6) is 0 Å². The van der Waals surface area contributed by atoms with E-state index in [0.717, 1.165) is 11.1 Å². The Morgan fingerprint density at radius 1 is 1.17 bits per heavy atom. The number of hydrogen-bond donors (Lipinski definition) is 0. The van der Waals surface area contributed by atoms with Gasteiger partial charge in [-0.1, -0.05) is 35.0 Å². The predicted octanol–water partition coefficient (Wildman–Crippen LogP) is 3.88. The molecule has 2 aromatic carbocycles. The number of ether oxygens (including phenoxy) is 1. The summed E-state index contributed by atoms with van der Waals surface area (Å²) in [5.74, 6) is 0.152. The van der Waals surface area contributed by atoms with Gasteiger partial charge in [0.25, 0.3) is 0 Å².